The standard InChI is InChI=1S/C10H10N4O2S/c1-14-5-7(4-13-14)17-9-8(11)2-6(3-12-9)10(15)16/h2-5H,11H2,1H3,(H,15,16). The molecular formula is C10H10N4O2S. The number of anilines is 1. The second-order valence-corrected chi connectivity index (χ2v) is 4.44. The molecule has 0 radical (unpaired) electrons. The van der Waals surface area contributed by atoms with Gasteiger partial charge in [0, 0.05) is 19.4 Å². The zero-order valence-corrected chi connectivity index (χ0v) is 9.81. The number of aromatic carboxylic acids is 1. The number of nitrogen functional groups attached to an aromatic ring is 1. The van der Waals surface area contributed by atoms with Gasteiger partial charge in [-0.25, -0.2) is 9.78 Å². The quantitative estimate of drug-likeness (QED) is 0.851. The number of carboxylic acid groups (broad SMARTS) is 1. The number of pyridine rings is 1. The third-order valence-corrected chi connectivity index (χ3v) is 3.00. The molecule has 3 N–H and O–H groups in total. The maximum atomic E-state index is 10.7. The van der Waals surface area contributed by atoms with E-state index in [0.29, 0.717) is 10.7 Å². The summed E-state index contributed by atoms with van der Waals surface area (Å²) in [6.07, 6.45) is 4.81. The van der Waals surface area contributed by atoms with Crippen molar-refractivity contribution in [3.05, 3.63) is 30.2 Å². The van der Waals surface area contributed by atoms with Gasteiger partial charge in [0.1, 0.15) is 5.03 Å². The van der Waals surface area contributed by atoms with Gasteiger partial charge in [0.2, 0.25) is 0 Å². The number of aryl methyl sites for hydroxylation is 1. The van der Waals surface area contributed by atoms with Crippen molar-refractivity contribution < 1.29 is 9.90 Å². The minimum Gasteiger partial charge on any atom is -0.478 e. The van der Waals surface area contributed by atoms with Crippen LogP contribution in [0.25, 0.3) is 0 Å². The summed E-state index contributed by atoms with van der Waals surface area (Å²) in [6, 6.07) is 1.40. The van der Waals surface area contributed by atoms with Gasteiger partial charge in [-0.1, -0.05) is 11.8 Å². The summed E-state index contributed by atoms with van der Waals surface area (Å²) in [5, 5.41) is 13.4. The highest BCUT2D eigenvalue weighted by Gasteiger charge is 2.09. The molecule has 0 atom stereocenters. The number of hydrogen-bond acceptors (Lipinski definition) is 5. The van der Waals surface area contributed by atoms with Gasteiger partial charge in [-0.3, -0.25) is 4.68 Å². The SMILES string of the molecule is Cn1cc(Sc2ncc(C(=O)O)cc2N)cn1. The zero-order valence-electron chi connectivity index (χ0n) is 8.99. The Morgan fingerprint density at radius 1 is 1.53 bits per heavy atom. The van der Waals surface area contributed by atoms with Crippen LogP contribution in [0.15, 0.2) is 34.6 Å². The summed E-state index contributed by atoms with van der Waals surface area (Å²) in [4.78, 5) is 15.6. The van der Waals surface area contributed by atoms with Crippen LogP contribution in [-0.2, 0) is 7.05 Å². The lowest BCUT2D eigenvalue weighted by Gasteiger charge is -2.03. The average Bonchev–Trinajstić information content (AvgIpc) is 2.67. The predicted molar refractivity (Wildman–Crippen MR) is 62.9 cm³/mol. The van der Waals surface area contributed by atoms with Crippen molar-refractivity contribution >= 4 is 23.4 Å². The van der Waals surface area contributed by atoms with Crippen LogP contribution in [0.3, 0.4) is 0 Å². The molecule has 17 heavy (non-hydrogen) atoms. The van der Waals surface area contributed by atoms with Crippen LogP contribution in [0.5, 0.6) is 0 Å². The molecule has 2 aromatic rings. The van der Waals surface area contributed by atoms with Crippen molar-refractivity contribution in [1.82, 2.24) is 14.8 Å². The fourth-order valence-electron chi connectivity index (χ4n) is 1.23. The zero-order chi connectivity index (χ0) is 12.4. The number of hydrogen-bond donors (Lipinski definition) is 2. The van der Waals surface area contributed by atoms with E-state index in [4.69, 9.17) is 10.8 Å². The second kappa shape index (κ2) is 4.46. The first kappa shape index (κ1) is 11.5. The number of carbonyl (C=O) groups is 1. The Balaban J connectivity index is 2.25. The Kier molecular flexibility index (Phi) is 3.01. The molecule has 0 amide bonds. The normalized spacial score (nSPS) is 10.4. The van der Waals surface area contributed by atoms with E-state index >= 15 is 0 Å². The summed E-state index contributed by atoms with van der Waals surface area (Å²) in [6.45, 7) is 0. The van der Waals surface area contributed by atoms with Crippen LogP contribution in [0.4, 0.5) is 5.69 Å². The lowest BCUT2D eigenvalue weighted by molar-refractivity contribution is 0.0696. The van der Waals surface area contributed by atoms with Gasteiger partial charge < -0.3 is 10.8 Å². The summed E-state index contributed by atoms with van der Waals surface area (Å²) in [5.41, 5.74) is 6.17. The third kappa shape index (κ3) is 2.56. The first-order chi connectivity index (χ1) is 8.06. The predicted octanol–water partition coefficient (Wildman–Crippen LogP) is 1.25. The molecule has 0 aliphatic carbocycles. The monoisotopic (exact) mass is 250 g/mol. The molecule has 0 aromatic carbocycles. The lowest BCUT2D eigenvalue weighted by Crippen LogP contribution is -2.00. The highest BCUT2D eigenvalue weighted by atomic mass is 32.2. The minimum atomic E-state index is -1.04. The van der Waals surface area contributed by atoms with Gasteiger partial charge in [-0.05, 0) is 6.07 Å². The van der Waals surface area contributed by atoms with Gasteiger partial charge in [0.05, 0.1) is 22.3 Å². The molecule has 0 aliphatic heterocycles. The van der Waals surface area contributed by atoms with E-state index in [1.807, 2.05) is 13.2 Å². The van der Waals surface area contributed by atoms with E-state index in [0.717, 1.165) is 4.90 Å². The molecule has 0 fully saturated rings. The van der Waals surface area contributed by atoms with E-state index in [-0.39, 0.29) is 5.56 Å². The van der Waals surface area contributed by atoms with Crippen molar-refractivity contribution in [1.29, 1.82) is 0 Å². The van der Waals surface area contributed by atoms with Gasteiger partial charge >= 0.3 is 5.97 Å². The molecule has 2 rings (SSSR count). The highest BCUT2D eigenvalue weighted by Crippen LogP contribution is 2.29. The lowest BCUT2D eigenvalue weighted by atomic mass is 10.3. The molecule has 0 bridgehead atoms. The van der Waals surface area contributed by atoms with Gasteiger partial charge in [-0.2, -0.15) is 5.10 Å². The van der Waals surface area contributed by atoms with Crippen molar-refractivity contribution in [3.63, 3.8) is 0 Å². The van der Waals surface area contributed by atoms with Crippen LogP contribution in [0, 0.1) is 0 Å². The topological polar surface area (TPSA) is 94.0 Å². The molecule has 0 aliphatic rings. The fraction of sp³-hybridized carbons (Fsp3) is 0.100. The summed E-state index contributed by atoms with van der Waals surface area (Å²) < 4.78 is 1.67. The molecule has 6 nitrogen and oxygen atoms in total. The van der Waals surface area contributed by atoms with Gasteiger partial charge in [0.15, 0.2) is 0 Å². The molecule has 2 heterocycles. The number of rotatable bonds is 3. The molecular weight excluding hydrogens is 240 g/mol. The van der Waals surface area contributed by atoms with Crippen molar-refractivity contribution in [3.8, 4) is 0 Å². The van der Waals surface area contributed by atoms with Crippen LogP contribution < -0.4 is 5.73 Å². The van der Waals surface area contributed by atoms with E-state index in [9.17, 15) is 4.79 Å². The Morgan fingerprint density at radius 3 is 2.82 bits per heavy atom. The largest absolute Gasteiger partial charge is 0.478 e. The van der Waals surface area contributed by atoms with Crippen molar-refractivity contribution in [2.24, 2.45) is 7.05 Å². The average molecular weight is 250 g/mol. The summed E-state index contributed by atoms with van der Waals surface area (Å²) in [5.74, 6) is -1.04. The Morgan fingerprint density at radius 2 is 2.29 bits per heavy atom. The smallest absolute Gasteiger partial charge is 0.337 e. The summed E-state index contributed by atoms with van der Waals surface area (Å²) >= 11 is 1.34. The van der Waals surface area contributed by atoms with Crippen LogP contribution in [0.2, 0.25) is 0 Å². The summed E-state index contributed by atoms with van der Waals surface area (Å²) in [7, 11) is 1.81. The molecule has 2 aromatic heterocycles. The van der Waals surface area contributed by atoms with Crippen molar-refractivity contribution in [2.75, 3.05) is 5.73 Å². The molecule has 7 heteroatoms. The third-order valence-electron chi connectivity index (χ3n) is 2.02. The number of nitrogens with zero attached hydrogens (tertiary/aromatic N) is 3. The van der Waals surface area contributed by atoms with Crippen LogP contribution in [-0.4, -0.2) is 25.8 Å². The highest BCUT2D eigenvalue weighted by molar-refractivity contribution is 7.99. The number of aromatic nitrogens is 3. The van der Waals surface area contributed by atoms with E-state index < -0.39 is 5.97 Å². The first-order valence-electron chi connectivity index (χ1n) is 4.71. The minimum absolute atomic E-state index is 0.0815. The second-order valence-electron chi connectivity index (χ2n) is 3.38. The first-order valence-corrected chi connectivity index (χ1v) is 5.53. The number of nitrogens with two attached hydrogens (primary N) is 1. The Labute approximate surface area is 101 Å². The maximum absolute atomic E-state index is 10.7. The van der Waals surface area contributed by atoms with E-state index in [1.165, 1.54) is 24.0 Å². The molecule has 0 spiro atoms. The number of carboxylic acids is 1. The molecule has 88 valence electrons. The Hall–Kier alpha value is -2.02. The molecule has 0 saturated carbocycles. The fourth-order valence-corrected chi connectivity index (χ4v) is 2.05. The van der Waals surface area contributed by atoms with Crippen LogP contribution >= 0.6 is 11.8 Å². The van der Waals surface area contributed by atoms with E-state index in [1.54, 1.807) is 10.9 Å². The van der Waals surface area contributed by atoms with Crippen molar-refractivity contribution in [2.45, 2.75) is 9.92 Å². The Bertz CT molecular complexity index is 567. The van der Waals surface area contributed by atoms with Crippen LogP contribution in [0.1, 0.15) is 10.4 Å². The molecule has 0 saturated heterocycles. The van der Waals surface area contributed by atoms with Gasteiger partial charge in [0.25, 0.3) is 0 Å². The van der Waals surface area contributed by atoms with E-state index in [2.05, 4.69) is 10.1 Å². The molecule has 0 unspecified atom stereocenters. The van der Waals surface area contributed by atoms with Gasteiger partial charge in [-0.15, -0.1) is 0 Å². The maximum Gasteiger partial charge on any atom is 0.337 e.